The zero-order valence-corrected chi connectivity index (χ0v) is 30.9. The summed E-state index contributed by atoms with van der Waals surface area (Å²) >= 11 is 9.53. The maximum Gasteiger partial charge on any atom is 0.303 e. The first-order chi connectivity index (χ1) is 23.0. The highest BCUT2D eigenvalue weighted by Gasteiger charge is 2.14. The van der Waals surface area contributed by atoms with Gasteiger partial charge in [0.25, 0.3) is 0 Å². The Balaban J connectivity index is 0.000000315. The summed E-state index contributed by atoms with van der Waals surface area (Å²) in [6, 6.07) is 19.6. The molecule has 4 rings (SSSR count). The van der Waals surface area contributed by atoms with E-state index in [1.54, 1.807) is 6.92 Å². The number of nitrogens with zero attached hydrogens (tertiary/aromatic N) is 2. The van der Waals surface area contributed by atoms with Gasteiger partial charge in [0.1, 0.15) is 18.5 Å². The summed E-state index contributed by atoms with van der Waals surface area (Å²) in [5, 5.41) is 11.5. The van der Waals surface area contributed by atoms with Gasteiger partial charge in [0.05, 0.1) is 34.4 Å². The second kappa shape index (κ2) is 19.2. The second-order valence-electron chi connectivity index (χ2n) is 12.7. The van der Waals surface area contributed by atoms with E-state index >= 15 is 0 Å². The fourth-order valence-corrected chi connectivity index (χ4v) is 4.30. The number of hydrogen-bond acceptors (Lipinski definition) is 8. The minimum absolute atomic E-state index is 0.0966. The Morgan fingerprint density at radius 3 is 1.51 bits per heavy atom. The number of ether oxygens (including phenoxy) is 2. The number of rotatable bonds is 10. The van der Waals surface area contributed by atoms with Gasteiger partial charge in [-0.05, 0) is 63.1 Å². The largest absolute Gasteiger partial charge is 0.456 e. The van der Waals surface area contributed by atoms with E-state index < -0.39 is 5.41 Å². The predicted octanol–water partition coefficient (Wildman–Crippen LogP) is 9.41. The van der Waals surface area contributed by atoms with E-state index in [0.29, 0.717) is 5.69 Å². The number of aliphatic hydroxyl groups excluding tert-OH is 1. The molecular weight excluding hydrogens is 663 g/mol. The third-order valence-electron chi connectivity index (χ3n) is 7.14. The first-order valence-corrected chi connectivity index (χ1v) is 16.8. The van der Waals surface area contributed by atoms with Gasteiger partial charge in [-0.3, -0.25) is 9.59 Å². The molecule has 0 aliphatic rings. The molecule has 0 fully saturated rings. The Hall–Kier alpha value is -4.11. The van der Waals surface area contributed by atoms with Crippen LogP contribution in [0.15, 0.2) is 72.8 Å². The van der Waals surface area contributed by atoms with E-state index in [1.807, 2.05) is 120 Å². The van der Waals surface area contributed by atoms with Crippen LogP contribution in [-0.4, -0.2) is 45.2 Å². The third kappa shape index (κ3) is 14.1. The molecule has 0 bridgehead atoms. The fourth-order valence-electron chi connectivity index (χ4n) is 4.30. The Labute approximate surface area is 299 Å². The normalized spacial score (nSPS) is 12.9. The Kier molecular flexibility index (Phi) is 16.1. The molecule has 2 atom stereocenters. The zero-order valence-electron chi connectivity index (χ0n) is 29.4. The molecule has 0 amide bonds. The van der Waals surface area contributed by atoms with Crippen molar-refractivity contribution in [1.29, 1.82) is 0 Å². The SMILES string of the molecule is CC(=O)O[C@H](C)c1ccc2ccc(/C=C/C(C)(C)C=O)cc2n1.CC(=O)O[C@H](C)c1ccc2ccc(/C=C/C(C)(C)CO)cc2n1.ClCCl. The molecule has 0 radical (unpaired) electrons. The van der Waals surface area contributed by atoms with Crippen molar-refractivity contribution >= 4 is 75.4 Å². The summed E-state index contributed by atoms with van der Waals surface area (Å²) in [7, 11) is 0. The summed E-state index contributed by atoms with van der Waals surface area (Å²) in [6.45, 7) is 14.1. The highest BCUT2D eigenvalue weighted by Crippen LogP contribution is 2.24. The molecule has 0 saturated carbocycles. The monoisotopic (exact) mass is 708 g/mol. The van der Waals surface area contributed by atoms with E-state index in [9.17, 15) is 19.5 Å². The Bertz CT molecular complexity index is 1780. The van der Waals surface area contributed by atoms with Crippen molar-refractivity contribution in [1.82, 2.24) is 9.97 Å². The second-order valence-corrected chi connectivity index (χ2v) is 13.5. The van der Waals surface area contributed by atoms with Crippen LogP contribution in [0.2, 0.25) is 0 Å². The number of fused-ring (bicyclic) bond motifs is 2. The molecule has 4 aromatic rings. The maximum atomic E-state index is 11.1. The molecule has 2 aromatic carbocycles. The van der Waals surface area contributed by atoms with Gasteiger partial charge in [0.2, 0.25) is 0 Å². The number of aromatic nitrogens is 2. The van der Waals surface area contributed by atoms with Crippen LogP contribution < -0.4 is 0 Å². The number of esters is 2. The summed E-state index contributed by atoms with van der Waals surface area (Å²) < 4.78 is 10.3. The molecule has 0 unspecified atom stereocenters. The van der Waals surface area contributed by atoms with Crippen molar-refractivity contribution in [3.05, 3.63) is 95.3 Å². The molecule has 2 heterocycles. The highest BCUT2D eigenvalue weighted by molar-refractivity contribution is 6.40. The topological polar surface area (TPSA) is 116 Å². The molecule has 8 nitrogen and oxygen atoms in total. The number of pyridine rings is 2. The number of carbonyl (C=O) groups is 3. The summed E-state index contributed by atoms with van der Waals surface area (Å²) in [5.74, 6) is -0.644. The highest BCUT2D eigenvalue weighted by atomic mass is 35.5. The first kappa shape index (κ1) is 41.1. The van der Waals surface area contributed by atoms with E-state index in [-0.39, 0.29) is 41.5 Å². The lowest BCUT2D eigenvalue weighted by Gasteiger charge is -2.15. The molecule has 49 heavy (non-hydrogen) atoms. The van der Waals surface area contributed by atoms with Gasteiger partial charge in [-0.2, -0.15) is 0 Å². The molecular formula is C39H46Cl2N2O6. The summed E-state index contributed by atoms with van der Waals surface area (Å²) in [4.78, 5) is 42.3. The van der Waals surface area contributed by atoms with Gasteiger partial charge in [-0.25, -0.2) is 9.97 Å². The van der Waals surface area contributed by atoms with Gasteiger partial charge < -0.3 is 19.4 Å². The zero-order chi connectivity index (χ0) is 36.8. The van der Waals surface area contributed by atoms with Gasteiger partial charge >= 0.3 is 11.9 Å². The predicted molar refractivity (Wildman–Crippen MR) is 199 cm³/mol. The molecule has 10 heteroatoms. The molecule has 0 aliphatic carbocycles. The summed E-state index contributed by atoms with van der Waals surface area (Å²) in [6.07, 6.45) is 7.92. The lowest BCUT2D eigenvalue weighted by atomic mass is 9.93. The Morgan fingerprint density at radius 1 is 0.755 bits per heavy atom. The minimum Gasteiger partial charge on any atom is -0.456 e. The first-order valence-electron chi connectivity index (χ1n) is 15.8. The van der Waals surface area contributed by atoms with Crippen molar-refractivity contribution in [2.75, 3.05) is 11.9 Å². The number of aldehydes is 1. The minimum atomic E-state index is -0.492. The number of alkyl halides is 2. The van der Waals surface area contributed by atoms with E-state index in [0.717, 1.165) is 44.9 Å². The number of hydrogen-bond donors (Lipinski definition) is 1. The number of aliphatic hydroxyl groups is 1. The van der Waals surface area contributed by atoms with Crippen molar-refractivity contribution in [2.45, 2.75) is 67.6 Å². The smallest absolute Gasteiger partial charge is 0.303 e. The van der Waals surface area contributed by atoms with Crippen molar-refractivity contribution in [3.8, 4) is 0 Å². The molecule has 1 N–H and O–H groups in total. The fraction of sp³-hybridized carbons (Fsp3) is 0.359. The molecule has 0 spiro atoms. The van der Waals surface area contributed by atoms with Gasteiger partial charge in [0, 0.05) is 35.4 Å². The van der Waals surface area contributed by atoms with Crippen LogP contribution in [0.4, 0.5) is 0 Å². The van der Waals surface area contributed by atoms with Crippen LogP contribution >= 0.6 is 23.2 Å². The lowest BCUT2D eigenvalue weighted by Crippen LogP contribution is -2.12. The van der Waals surface area contributed by atoms with Gasteiger partial charge in [-0.1, -0.05) is 74.5 Å². The summed E-state index contributed by atoms with van der Waals surface area (Å²) in [5.41, 5.74) is 4.35. The van der Waals surface area contributed by atoms with E-state index in [4.69, 9.17) is 32.7 Å². The van der Waals surface area contributed by atoms with Crippen molar-refractivity contribution in [2.24, 2.45) is 10.8 Å². The lowest BCUT2D eigenvalue weighted by molar-refractivity contribution is -0.147. The van der Waals surface area contributed by atoms with Crippen LogP contribution in [-0.2, 0) is 23.9 Å². The number of benzene rings is 2. The number of allylic oxidation sites excluding steroid dienone is 1. The van der Waals surface area contributed by atoms with Crippen LogP contribution in [0.1, 0.15) is 90.1 Å². The van der Waals surface area contributed by atoms with E-state index in [2.05, 4.69) is 9.97 Å². The van der Waals surface area contributed by atoms with Crippen LogP contribution in [0, 0.1) is 10.8 Å². The molecule has 2 aromatic heterocycles. The van der Waals surface area contributed by atoms with Gasteiger partial charge in [-0.15, -0.1) is 23.2 Å². The van der Waals surface area contributed by atoms with Crippen LogP contribution in [0.25, 0.3) is 34.0 Å². The van der Waals surface area contributed by atoms with Crippen LogP contribution in [0.3, 0.4) is 0 Å². The average molecular weight is 710 g/mol. The number of carbonyl (C=O) groups excluding carboxylic acids is 3. The molecule has 0 saturated heterocycles. The standard InChI is InChI=1S/C19H23NO3.C19H21NO3.CH2Cl2/c2*1-13(23-14(2)22)17-8-7-16-6-5-15(11-18(16)20-17)9-10-19(3,4)12-21;2-1-3/h5-11,13,21H,12H2,1-4H3;5-13H,1-4H3;1H2/b2*10-9+;/t2*13-;/m11./s1. The Morgan fingerprint density at radius 2 is 1.14 bits per heavy atom. The average Bonchev–Trinajstić information content (AvgIpc) is 3.06. The molecule has 0 aliphatic heterocycles. The quantitative estimate of drug-likeness (QED) is 0.0984. The van der Waals surface area contributed by atoms with Crippen LogP contribution in [0.5, 0.6) is 0 Å². The van der Waals surface area contributed by atoms with E-state index in [1.165, 1.54) is 13.8 Å². The van der Waals surface area contributed by atoms with Gasteiger partial charge in [0.15, 0.2) is 0 Å². The third-order valence-corrected chi connectivity index (χ3v) is 7.14. The van der Waals surface area contributed by atoms with Crippen molar-refractivity contribution in [3.63, 3.8) is 0 Å². The maximum absolute atomic E-state index is 11.1. The number of halogens is 2. The molecule has 262 valence electrons. The van der Waals surface area contributed by atoms with Crippen molar-refractivity contribution < 1.29 is 29.0 Å².